The zero-order valence-corrected chi connectivity index (χ0v) is 10.4. The fourth-order valence-electron chi connectivity index (χ4n) is 1.40. The second kappa shape index (κ2) is 5.86. The molecule has 1 aromatic heterocycles. The van der Waals surface area contributed by atoms with Crippen LogP contribution in [0.5, 0.6) is 0 Å². The number of benzene rings is 1. The van der Waals surface area contributed by atoms with Crippen molar-refractivity contribution in [3.05, 3.63) is 36.2 Å². The van der Waals surface area contributed by atoms with Crippen molar-refractivity contribution in [3.8, 4) is 0 Å². The Morgan fingerprint density at radius 2 is 2.11 bits per heavy atom. The standard InChI is InChI=1S/C13H14N4O/c1-3-18-9-15-17-10(2)13-8-14-11-6-4-5-7-12(11)16-13/h4-9H,3H2,1-2H3. The first-order valence-electron chi connectivity index (χ1n) is 5.71. The van der Waals surface area contributed by atoms with Gasteiger partial charge in [-0.2, -0.15) is 5.10 Å². The van der Waals surface area contributed by atoms with E-state index in [-0.39, 0.29) is 0 Å². The van der Waals surface area contributed by atoms with E-state index in [9.17, 15) is 0 Å². The summed E-state index contributed by atoms with van der Waals surface area (Å²) in [6.07, 6.45) is 3.01. The zero-order chi connectivity index (χ0) is 12.8. The molecule has 0 aliphatic heterocycles. The lowest BCUT2D eigenvalue weighted by atomic mass is 10.2. The number of hydrogen-bond acceptors (Lipinski definition) is 5. The van der Waals surface area contributed by atoms with Gasteiger partial charge in [-0.05, 0) is 26.0 Å². The van der Waals surface area contributed by atoms with Crippen molar-refractivity contribution in [1.29, 1.82) is 0 Å². The van der Waals surface area contributed by atoms with Crippen molar-refractivity contribution in [2.75, 3.05) is 6.61 Å². The first kappa shape index (κ1) is 12.2. The number of hydrogen-bond donors (Lipinski definition) is 0. The third-order valence-electron chi connectivity index (χ3n) is 2.32. The van der Waals surface area contributed by atoms with Crippen LogP contribution >= 0.6 is 0 Å². The van der Waals surface area contributed by atoms with E-state index in [0.29, 0.717) is 18.0 Å². The minimum atomic E-state index is 0.577. The number of rotatable bonds is 4. The first-order valence-corrected chi connectivity index (χ1v) is 5.71. The highest BCUT2D eigenvalue weighted by atomic mass is 16.5. The van der Waals surface area contributed by atoms with E-state index in [1.807, 2.05) is 38.1 Å². The number of para-hydroxylation sites is 2. The van der Waals surface area contributed by atoms with Gasteiger partial charge >= 0.3 is 0 Å². The van der Waals surface area contributed by atoms with Crippen LogP contribution < -0.4 is 0 Å². The minimum Gasteiger partial charge on any atom is -0.482 e. The van der Waals surface area contributed by atoms with Crippen LogP contribution in [0, 0.1) is 0 Å². The summed E-state index contributed by atoms with van der Waals surface area (Å²) in [4.78, 5) is 8.79. The summed E-state index contributed by atoms with van der Waals surface area (Å²) < 4.78 is 4.96. The van der Waals surface area contributed by atoms with Gasteiger partial charge in [-0.15, -0.1) is 5.10 Å². The van der Waals surface area contributed by atoms with Gasteiger partial charge in [0.15, 0.2) is 6.40 Å². The molecule has 0 unspecified atom stereocenters. The molecular weight excluding hydrogens is 228 g/mol. The van der Waals surface area contributed by atoms with Crippen LogP contribution in [0.4, 0.5) is 0 Å². The van der Waals surface area contributed by atoms with Gasteiger partial charge in [-0.25, -0.2) is 4.98 Å². The maximum atomic E-state index is 4.96. The molecule has 5 nitrogen and oxygen atoms in total. The lowest BCUT2D eigenvalue weighted by Crippen LogP contribution is -1.99. The first-order chi connectivity index (χ1) is 8.81. The van der Waals surface area contributed by atoms with E-state index in [4.69, 9.17) is 4.74 Å². The smallest absolute Gasteiger partial charge is 0.195 e. The van der Waals surface area contributed by atoms with Gasteiger partial charge in [0.25, 0.3) is 0 Å². The average Bonchev–Trinajstić information content (AvgIpc) is 2.43. The fourth-order valence-corrected chi connectivity index (χ4v) is 1.40. The van der Waals surface area contributed by atoms with Crippen LogP contribution in [0.15, 0.2) is 40.7 Å². The van der Waals surface area contributed by atoms with Gasteiger partial charge < -0.3 is 4.74 Å². The maximum Gasteiger partial charge on any atom is 0.195 e. The molecule has 0 fully saturated rings. The molecule has 0 atom stereocenters. The van der Waals surface area contributed by atoms with Crippen molar-refractivity contribution in [2.24, 2.45) is 10.2 Å². The average molecular weight is 242 g/mol. The van der Waals surface area contributed by atoms with E-state index >= 15 is 0 Å². The Morgan fingerprint density at radius 3 is 2.89 bits per heavy atom. The van der Waals surface area contributed by atoms with Crippen LogP contribution in [0.1, 0.15) is 19.5 Å². The molecule has 2 rings (SSSR count). The van der Waals surface area contributed by atoms with Gasteiger partial charge in [-0.1, -0.05) is 12.1 Å². The molecule has 0 amide bonds. The molecule has 0 aliphatic rings. The van der Waals surface area contributed by atoms with E-state index < -0.39 is 0 Å². The molecule has 2 aromatic rings. The number of aromatic nitrogens is 2. The molecule has 5 heteroatoms. The Bertz CT molecular complexity index is 592. The Morgan fingerprint density at radius 1 is 1.33 bits per heavy atom. The van der Waals surface area contributed by atoms with Crippen molar-refractivity contribution in [2.45, 2.75) is 13.8 Å². The number of nitrogens with zero attached hydrogens (tertiary/aromatic N) is 4. The molecule has 0 bridgehead atoms. The van der Waals surface area contributed by atoms with Crippen LogP contribution in [0.3, 0.4) is 0 Å². The zero-order valence-electron chi connectivity index (χ0n) is 10.4. The summed E-state index contributed by atoms with van der Waals surface area (Å²) in [7, 11) is 0. The molecule has 0 saturated heterocycles. The van der Waals surface area contributed by atoms with Crippen molar-refractivity contribution in [3.63, 3.8) is 0 Å². The Balaban J connectivity index is 2.25. The fraction of sp³-hybridized carbons (Fsp3) is 0.231. The third kappa shape index (κ3) is 2.88. The molecule has 0 radical (unpaired) electrons. The predicted octanol–water partition coefficient (Wildman–Crippen LogP) is 2.42. The van der Waals surface area contributed by atoms with Crippen molar-refractivity contribution >= 4 is 23.1 Å². The highest BCUT2D eigenvalue weighted by molar-refractivity contribution is 5.98. The van der Waals surface area contributed by atoms with Crippen LogP contribution in [-0.2, 0) is 4.74 Å². The quantitative estimate of drug-likeness (QED) is 0.470. The van der Waals surface area contributed by atoms with E-state index in [0.717, 1.165) is 11.0 Å². The normalized spacial score (nSPS) is 12.2. The summed E-state index contributed by atoms with van der Waals surface area (Å²) in [5, 5.41) is 7.79. The summed E-state index contributed by atoms with van der Waals surface area (Å²) in [5.74, 6) is 0. The summed E-state index contributed by atoms with van der Waals surface area (Å²) in [6, 6.07) is 7.71. The predicted molar refractivity (Wildman–Crippen MR) is 71.9 cm³/mol. The maximum absolute atomic E-state index is 4.96. The summed E-state index contributed by atoms with van der Waals surface area (Å²) in [6.45, 7) is 4.30. The largest absolute Gasteiger partial charge is 0.482 e. The lowest BCUT2D eigenvalue weighted by Gasteiger charge is -2.00. The van der Waals surface area contributed by atoms with E-state index in [1.165, 1.54) is 6.40 Å². The molecule has 1 aromatic carbocycles. The van der Waals surface area contributed by atoms with E-state index in [2.05, 4.69) is 20.2 Å². The lowest BCUT2D eigenvalue weighted by molar-refractivity contribution is 0.342. The van der Waals surface area contributed by atoms with E-state index in [1.54, 1.807) is 6.20 Å². The molecule has 0 aliphatic carbocycles. The third-order valence-corrected chi connectivity index (χ3v) is 2.32. The molecule has 1 heterocycles. The van der Waals surface area contributed by atoms with Crippen LogP contribution in [0.2, 0.25) is 0 Å². The van der Waals surface area contributed by atoms with Crippen molar-refractivity contribution in [1.82, 2.24) is 9.97 Å². The van der Waals surface area contributed by atoms with Gasteiger partial charge in [0.05, 0.1) is 29.5 Å². The second-order valence-electron chi connectivity index (χ2n) is 3.61. The highest BCUT2D eigenvalue weighted by Gasteiger charge is 2.01. The van der Waals surface area contributed by atoms with Crippen molar-refractivity contribution < 1.29 is 4.74 Å². The Labute approximate surface area is 105 Å². The Kier molecular flexibility index (Phi) is 3.96. The highest BCUT2D eigenvalue weighted by Crippen LogP contribution is 2.09. The topological polar surface area (TPSA) is 59.7 Å². The molecule has 0 spiro atoms. The summed E-state index contributed by atoms with van der Waals surface area (Å²) in [5.41, 5.74) is 3.12. The second-order valence-corrected chi connectivity index (χ2v) is 3.61. The van der Waals surface area contributed by atoms with Gasteiger partial charge in [0.2, 0.25) is 0 Å². The molecule has 92 valence electrons. The van der Waals surface area contributed by atoms with Gasteiger partial charge in [-0.3, -0.25) is 4.98 Å². The molecular formula is C13H14N4O. The van der Waals surface area contributed by atoms with Crippen LogP contribution in [0.25, 0.3) is 11.0 Å². The van der Waals surface area contributed by atoms with Gasteiger partial charge in [0.1, 0.15) is 5.69 Å². The molecule has 0 saturated carbocycles. The Hall–Kier alpha value is -2.30. The molecule has 18 heavy (non-hydrogen) atoms. The number of fused-ring (bicyclic) bond motifs is 1. The SMILES string of the molecule is CCOC=NN=C(C)c1cnc2ccccc2n1. The number of ether oxygens (including phenoxy) is 1. The van der Waals surface area contributed by atoms with Gasteiger partial charge in [0, 0.05) is 0 Å². The van der Waals surface area contributed by atoms with Crippen LogP contribution in [-0.4, -0.2) is 28.7 Å². The summed E-state index contributed by atoms with van der Waals surface area (Å²) >= 11 is 0. The monoisotopic (exact) mass is 242 g/mol. The minimum absolute atomic E-state index is 0.577. The molecule has 0 N–H and O–H groups in total.